The van der Waals surface area contributed by atoms with Crippen molar-refractivity contribution in [2.75, 3.05) is 18.4 Å². The maximum absolute atomic E-state index is 11.2. The highest BCUT2D eigenvalue weighted by atomic mass is 16.1. The summed E-state index contributed by atoms with van der Waals surface area (Å²) in [6, 6.07) is 9.53. The van der Waals surface area contributed by atoms with Gasteiger partial charge in [0.2, 0.25) is 5.91 Å². The van der Waals surface area contributed by atoms with E-state index in [4.69, 9.17) is 0 Å². The molecule has 2 aliphatic rings. The molecule has 1 aliphatic carbocycles. The van der Waals surface area contributed by atoms with Gasteiger partial charge in [-0.25, -0.2) is 0 Å². The molecule has 114 valence electrons. The zero-order valence-electron chi connectivity index (χ0n) is 12.8. The van der Waals surface area contributed by atoms with Gasteiger partial charge in [0.05, 0.1) is 0 Å². The minimum absolute atomic E-state index is 0.0137. The van der Waals surface area contributed by atoms with Crippen LogP contribution < -0.4 is 10.6 Å². The van der Waals surface area contributed by atoms with Gasteiger partial charge >= 0.3 is 0 Å². The Labute approximate surface area is 126 Å². The molecule has 2 N–H and O–H groups in total. The molecule has 1 heterocycles. The van der Waals surface area contributed by atoms with E-state index in [1.54, 1.807) is 6.92 Å². The normalized spacial score (nSPS) is 20.4. The number of nitrogens with one attached hydrogen (secondary N) is 2. The van der Waals surface area contributed by atoms with Crippen molar-refractivity contribution in [2.24, 2.45) is 0 Å². The number of para-hydroxylation sites is 1. The second-order valence-corrected chi connectivity index (χ2v) is 6.26. The first-order valence-corrected chi connectivity index (χ1v) is 8.05. The van der Waals surface area contributed by atoms with Crippen LogP contribution in [0.4, 0.5) is 5.69 Å². The highest BCUT2D eigenvalue weighted by Gasteiger charge is 2.31. The third kappa shape index (κ3) is 4.05. The number of piperidine rings is 1. The average Bonchev–Trinajstić information content (AvgIpc) is 3.31. The summed E-state index contributed by atoms with van der Waals surface area (Å²) in [5.74, 6) is -0.0137. The van der Waals surface area contributed by atoms with Gasteiger partial charge in [0.1, 0.15) is 0 Å². The fourth-order valence-corrected chi connectivity index (χ4v) is 3.15. The summed E-state index contributed by atoms with van der Waals surface area (Å²) in [6.45, 7) is 4.84. The van der Waals surface area contributed by atoms with Crippen molar-refractivity contribution in [3.05, 3.63) is 29.8 Å². The van der Waals surface area contributed by atoms with Crippen molar-refractivity contribution >= 4 is 11.6 Å². The van der Waals surface area contributed by atoms with Crippen LogP contribution in [0.15, 0.2) is 24.3 Å². The molecule has 0 atom stereocenters. The largest absolute Gasteiger partial charge is 0.326 e. The van der Waals surface area contributed by atoms with Crippen molar-refractivity contribution in [3.63, 3.8) is 0 Å². The lowest BCUT2D eigenvalue weighted by Gasteiger charge is -2.32. The van der Waals surface area contributed by atoms with Crippen LogP contribution in [0.5, 0.6) is 0 Å². The number of benzene rings is 1. The first kappa shape index (κ1) is 14.5. The number of likely N-dealkylation sites (tertiary alicyclic amines) is 1. The number of hydrogen-bond acceptors (Lipinski definition) is 3. The number of carbonyl (C=O) groups excluding carboxylic acids is 1. The van der Waals surface area contributed by atoms with Gasteiger partial charge in [-0.15, -0.1) is 0 Å². The van der Waals surface area contributed by atoms with Gasteiger partial charge in [0.15, 0.2) is 0 Å². The van der Waals surface area contributed by atoms with E-state index in [1.807, 2.05) is 18.2 Å². The Bertz CT molecular complexity index is 491. The SMILES string of the molecule is CC(=O)Nc1ccccc1CNC1CCN(C2CC2)CC1. The average molecular weight is 287 g/mol. The number of carbonyl (C=O) groups is 1. The van der Waals surface area contributed by atoms with Crippen molar-refractivity contribution in [3.8, 4) is 0 Å². The Hall–Kier alpha value is -1.39. The lowest BCUT2D eigenvalue weighted by Crippen LogP contribution is -2.43. The van der Waals surface area contributed by atoms with Gasteiger partial charge in [0, 0.05) is 31.2 Å². The van der Waals surface area contributed by atoms with Gasteiger partial charge in [0.25, 0.3) is 0 Å². The molecule has 1 aromatic rings. The molecule has 1 amide bonds. The molecule has 0 aromatic heterocycles. The van der Waals surface area contributed by atoms with Crippen LogP contribution in [-0.4, -0.2) is 36.0 Å². The Kier molecular flexibility index (Phi) is 4.56. The van der Waals surface area contributed by atoms with Gasteiger partial charge in [-0.1, -0.05) is 18.2 Å². The zero-order chi connectivity index (χ0) is 14.7. The lowest BCUT2D eigenvalue weighted by atomic mass is 10.0. The molecular formula is C17H25N3O. The van der Waals surface area contributed by atoms with E-state index in [0.29, 0.717) is 6.04 Å². The van der Waals surface area contributed by atoms with Gasteiger partial charge < -0.3 is 15.5 Å². The number of amides is 1. The fraction of sp³-hybridized carbons (Fsp3) is 0.588. The van der Waals surface area contributed by atoms with Crippen LogP contribution in [0.1, 0.15) is 38.2 Å². The summed E-state index contributed by atoms with van der Waals surface area (Å²) in [5, 5.41) is 6.56. The molecule has 0 unspecified atom stereocenters. The first-order chi connectivity index (χ1) is 10.2. The van der Waals surface area contributed by atoms with Gasteiger partial charge in [-0.05, 0) is 50.4 Å². The number of nitrogens with zero attached hydrogens (tertiary/aromatic N) is 1. The van der Waals surface area contributed by atoms with Crippen LogP contribution in [0.2, 0.25) is 0 Å². The van der Waals surface area contributed by atoms with Crippen LogP contribution in [0.3, 0.4) is 0 Å². The maximum atomic E-state index is 11.2. The van der Waals surface area contributed by atoms with Crippen LogP contribution in [0.25, 0.3) is 0 Å². The van der Waals surface area contributed by atoms with E-state index in [0.717, 1.165) is 23.8 Å². The summed E-state index contributed by atoms with van der Waals surface area (Å²) >= 11 is 0. The Morgan fingerprint density at radius 1 is 1.19 bits per heavy atom. The Morgan fingerprint density at radius 2 is 1.90 bits per heavy atom. The molecule has 2 fully saturated rings. The predicted octanol–water partition coefficient (Wildman–Crippen LogP) is 2.36. The number of hydrogen-bond donors (Lipinski definition) is 2. The molecule has 4 nitrogen and oxygen atoms in total. The second-order valence-electron chi connectivity index (χ2n) is 6.26. The number of rotatable bonds is 5. The standard InChI is InChI=1S/C17H25N3O/c1-13(21)19-17-5-3-2-4-14(17)12-18-15-8-10-20(11-9-15)16-6-7-16/h2-5,15-16,18H,6-12H2,1H3,(H,19,21). The molecule has 0 bridgehead atoms. The summed E-state index contributed by atoms with van der Waals surface area (Å²) in [7, 11) is 0. The third-order valence-electron chi connectivity index (χ3n) is 4.50. The van der Waals surface area contributed by atoms with Gasteiger partial charge in [-0.2, -0.15) is 0 Å². The molecular weight excluding hydrogens is 262 g/mol. The summed E-state index contributed by atoms with van der Waals surface area (Å²) < 4.78 is 0. The molecule has 1 aromatic carbocycles. The van der Waals surface area contributed by atoms with Crippen LogP contribution >= 0.6 is 0 Å². The van der Waals surface area contributed by atoms with E-state index >= 15 is 0 Å². The van der Waals surface area contributed by atoms with Gasteiger partial charge in [-0.3, -0.25) is 4.79 Å². The quantitative estimate of drug-likeness (QED) is 0.874. The Balaban J connectivity index is 1.49. The molecule has 21 heavy (non-hydrogen) atoms. The van der Waals surface area contributed by atoms with E-state index in [9.17, 15) is 4.79 Å². The summed E-state index contributed by atoms with van der Waals surface area (Å²) in [6.07, 6.45) is 5.28. The third-order valence-corrected chi connectivity index (χ3v) is 4.50. The summed E-state index contributed by atoms with van der Waals surface area (Å²) in [5.41, 5.74) is 2.09. The summed E-state index contributed by atoms with van der Waals surface area (Å²) in [4.78, 5) is 13.9. The fourth-order valence-electron chi connectivity index (χ4n) is 3.15. The van der Waals surface area contributed by atoms with Crippen molar-refractivity contribution in [1.29, 1.82) is 0 Å². The molecule has 1 aliphatic heterocycles. The molecule has 1 saturated carbocycles. The predicted molar refractivity (Wildman–Crippen MR) is 85.2 cm³/mol. The lowest BCUT2D eigenvalue weighted by molar-refractivity contribution is -0.114. The molecule has 0 radical (unpaired) electrons. The Morgan fingerprint density at radius 3 is 2.57 bits per heavy atom. The molecule has 0 spiro atoms. The maximum Gasteiger partial charge on any atom is 0.221 e. The highest BCUT2D eigenvalue weighted by Crippen LogP contribution is 2.29. The highest BCUT2D eigenvalue weighted by molar-refractivity contribution is 5.89. The van der Waals surface area contributed by atoms with E-state index in [1.165, 1.54) is 38.8 Å². The van der Waals surface area contributed by atoms with Crippen LogP contribution in [-0.2, 0) is 11.3 Å². The van der Waals surface area contributed by atoms with Crippen molar-refractivity contribution in [1.82, 2.24) is 10.2 Å². The van der Waals surface area contributed by atoms with E-state index in [2.05, 4.69) is 21.6 Å². The smallest absolute Gasteiger partial charge is 0.221 e. The van der Waals surface area contributed by atoms with Crippen molar-refractivity contribution < 1.29 is 4.79 Å². The molecule has 3 rings (SSSR count). The van der Waals surface area contributed by atoms with Crippen molar-refractivity contribution in [2.45, 2.75) is 51.2 Å². The monoisotopic (exact) mass is 287 g/mol. The zero-order valence-corrected chi connectivity index (χ0v) is 12.8. The minimum Gasteiger partial charge on any atom is -0.326 e. The van der Waals surface area contributed by atoms with Crippen LogP contribution in [0, 0.1) is 0 Å². The van der Waals surface area contributed by atoms with E-state index in [-0.39, 0.29) is 5.91 Å². The van der Waals surface area contributed by atoms with E-state index < -0.39 is 0 Å². The topological polar surface area (TPSA) is 44.4 Å². The molecule has 4 heteroatoms. The number of anilines is 1. The molecule has 1 saturated heterocycles. The first-order valence-electron chi connectivity index (χ1n) is 8.05. The second kappa shape index (κ2) is 6.58. The minimum atomic E-state index is -0.0137.